The molecule has 0 aromatic heterocycles. The van der Waals surface area contributed by atoms with Gasteiger partial charge >= 0.3 is 0 Å². The summed E-state index contributed by atoms with van der Waals surface area (Å²) in [6.07, 6.45) is 0.314. The molecule has 60 valence electrons. The van der Waals surface area contributed by atoms with E-state index in [-0.39, 0.29) is 5.92 Å². The van der Waals surface area contributed by atoms with Crippen molar-refractivity contribution >= 4 is 0 Å². The third kappa shape index (κ3) is 1.48. The Balaban J connectivity index is 2.38. The van der Waals surface area contributed by atoms with Crippen LogP contribution in [0.3, 0.4) is 0 Å². The van der Waals surface area contributed by atoms with Crippen LogP contribution in [0.2, 0.25) is 0 Å². The molecule has 0 aromatic carbocycles. The second kappa shape index (κ2) is 3.32. The Kier molecular flexibility index (Phi) is 2.65. The average Bonchev–Trinajstić information content (AvgIpc) is 2.34. The Morgan fingerprint density at radius 1 is 1.70 bits per heavy atom. The molecule has 0 radical (unpaired) electrons. The quantitative estimate of drug-likeness (QED) is 0.581. The highest BCUT2D eigenvalue weighted by molar-refractivity contribution is 4.74. The molecule has 0 saturated carbocycles. The van der Waals surface area contributed by atoms with Crippen LogP contribution in [-0.2, 0) is 4.74 Å². The largest absolute Gasteiger partial charge is 0.393 e. The number of aliphatic hydroxyl groups is 2. The van der Waals surface area contributed by atoms with Crippen LogP contribution in [0.15, 0.2) is 0 Å². The van der Waals surface area contributed by atoms with Crippen molar-refractivity contribution in [3.05, 3.63) is 0 Å². The fourth-order valence-electron chi connectivity index (χ4n) is 1.28. The molecule has 1 aliphatic heterocycles. The van der Waals surface area contributed by atoms with Gasteiger partial charge in [-0.2, -0.15) is 0 Å². The maximum absolute atomic E-state index is 9.29. The van der Waals surface area contributed by atoms with E-state index in [9.17, 15) is 5.11 Å². The zero-order chi connectivity index (χ0) is 7.56. The van der Waals surface area contributed by atoms with Gasteiger partial charge in [0.1, 0.15) is 0 Å². The number of ether oxygens (including phenoxy) is 1. The van der Waals surface area contributed by atoms with Crippen LogP contribution in [0.5, 0.6) is 0 Å². The van der Waals surface area contributed by atoms with E-state index in [0.717, 1.165) is 6.42 Å². The summed E-state index contributed by atoms with van der Waals surface area (Å²) >= 11 is 0. The lowest BCUT2D eigenvalue weighted by atomic mass is 9.99. The Hall–Kier alpha value is -0.120. The van der Waals surface area contributed by atoms with Crippen molar-refractivity contribution in [1.82, 2.24) is 0 Å². The van der Waals surface area contributed by atoms with E-state index in [1.807, 2.05) is 6.92 Å². The first kappa shape index (κ1) is 7.98. The van der Waals surface area contributed by atoms with Gasteiger partial charge in [-0.15, -0.1) is 0 Å². The molecule has 1 rings (SSSR count). The zero-order valence-electron chi connectivity index (χ0n) is 6.16. The third-order valence-electron chi connectivity index (χ3n) is 2.02. The predicted octanol–water partition coefficient (Wildman–Crippen LogP) is 0.112. The topological polar surface area (TPSA) is 49.7 Å². The van der Waals surface area contributed by atoms with E-state index < -0.39 is 12.4 Å². The highest BCUT2D eigenvalue weighted by Crippen LogP contribution is 2.23. The summed E-state index contributed by atoms with van der Waals surface area (Å²) in [5.74, 6) is -0.0648. The lowest BCUT2D eigenvalue weighted by Crippen LogP contribution is -2.27. The van der Waals surface area contributed by atoms with Crippen molar-refractivity contribution < 1.29 is 14.9 Å². The average molecular weight is 146 g/mol. The fourth-order valence-corrected chi connectivity index (χ4v) is 1.28. The van der Waals surface area contributed by atoms with E-state index in [1.165, 1.54) is 0 Å². The second-order valence-electron chi connectivity index (χ2n) is 2.69. The van der Waals surface area contributed by atoms with Crippen molar-refractivity contribution in [2.75, 3.05) is 6.61 Å². The number of aliphatic hydroxyl groups excluding tert-OH is 2. The van der Waals surface area contributed by atoms with Crippen LogP contribution in [0, 0.1) is 5.92 Å². The predicted molar refractivity (Wildman–Crippen MR) is 36.4 cm³/mol. The van der Waals surface area contributed by atoms with Gasteiger partial charge in [0.25, 0.3) is 0 Å². The van der Waals surface area contributed by atoms with Gasteiger partial charge < -0.3 is 14.9 Å². The molecule has 3 heteroatoms. The van der Waals surface area contributed by atoms with Gasteiger partial charge in [-0.25, -0.2) is 0 Å². The molecule has 0 unspecified atom stereocenters. The number of rotatable bonds is 2. The van der Waals surface area contributed by atoms with Crippen LogP contribution >= 0.6 is 0 Å². The van der Waals surface area contributed by atoms with Crippen molar-refractivity contribution in [2.24, 2.45) is 5.92 Å². The summed E-state index contributed by atoms with van der Waals surface area (Å²) in [5, 5.41) is 18.4. The molecular weight excluding hydrogens is 132 g/mol. The SMILES string of the molecule is CC[C@H](O)[C@@H]1CCO[C@@H]1O. The molecule has 0 bridgehead atoms. The van der Waals surface area contributed by atoms with Crippen LogP contribution in [0.25, 0.3) is 0 Å². The zero-order valence-corrected chi connectivity index (χ0v) is 6.16. The Morgan fingerprint density at radius 2 is 2.40 bits per heavy atom. The standard InChI is InChI=1S/C7H14O3/c1-2-6(8)5-3-4-10-7(5)9/h5-9H,2-4H2,1H3/t5-,6-,7-/m0/s1. The first-order valence-corrected chi connectivity index (χ1v) is 3.73. The minimum atomic E-state index is -0.741. The minimum Gasteiger partial charge on any atom is -0.393 e. The molecule has 3 nitrogen and oxygen atoms in total. The van der Waals surface area contributed by atoms with Gasteiger partial charge in [-0.05, 0) is 12.8 Å². The minimum absolute atomic E-state index is 0.0648. The van der Waals surface area contributed by atoms with Crippen LogP contribution in [0.1, 0.15) is 19.8 Å². The van der Waals surface area contributed by atoms with Gasteiger partial charge in [0.05, 0.1) is 12.7 Å². The Morgan fingerprint density at radius 3 is 2.80 bits per heavy atom. The van der Waals surface area contributed by atoms with E-state index in [0.29, 0.717) is 13.0 Å². The van der Waals surface area contributed by atoms with Crippen LogP contribution < -0.4 is 0 Å². The summed E-state index contributed by atoms with van der Waals surface area (Å²) in [5.41, 5.74) is 0. The fraction of sp³-hybridized carbons (Fsp3) is 1.00. The molecule has 0 spiro atoms. The lowest BCUT2D eigenvalue weighted by molar-refractivity contribution is -0.106. The highest BCUT2D eigenvalue weighted by atomic mass is 16.6. The molecule has 1 aliphatic rings. The van der Waals surface area contributed by atoms with Crippen molar-refractivity contribution in [1.29, 1.82) is 0 Å². The van der Waals surface area contributed by atoms with E-state index in [2.05, 4.69) is 0 Å². The van der Waals surface area contributed by atoms with E-state index >= 15 is 0 Å². The van der Waals surface area contributed by atoms with Gasteiger partial charge in [0, 0.05) is 5.92 Å². The van der Waals surface area contributed by atoms with Crippen molar-refractivity contribution in [3.8, 4) is 0 Å². The van der Waals surface area contributed by atoms with Crippen LogP contribution in [-0.4, -0.2) is 29.2 Å². The monoisotopic (exact) mass is 146 g/mol. The van der Waals surface area contributed by atoms with Gasteiger partial charge in [0.15, 0.2) is 6.29 Å². The first-order chi connectivity index (χ1) is 4.75. The normalized spacial score (nSPS) is 36.3. The third-order valence-corrected chi connectivity index (χ3v) is 2.02. The maximum Gasteiger partial charge on any atom is 0.159 e. The molecule has 0 aliphatic carbocycles. The summed E-state index contributed by atoms with van der Waals surface area (Å²) in [6.45, 7) is 2.47. The van der Waals surface area contributed by atoms with Gasteiger partial charge in [-0.1, -0.05) is 6.92 Å². The first-order valence-electron chi connectivity index (χ1n) is 3.73. The molecule has 3 atom stereocenters. The molecule has 0 amide bonds. The molecule has 1 heterocycles. The molecular formula is C7H14O3. The Bertz CT molecular complexity index is 105. The maximum atomic E-state index is 9.29. The number of hydrogen-bond acceptors (Lipinski definition) is 3. The summed E-state index contributed by atoms with van der Waals surface area (Å²) < 4.78 is 4.88. The Labute approximate surface area is 60.6 Å². The molecule has 10 heavy (non-hydrogen) atoms. The van der Waals surface area contributed by atoms with Crippen molar-refractivity contribution in [2.45, 2.75) is 32.2 Å². The van der Waals surface area contributed by atoms with Crippen molar-refractivity contribution in [3.63, 3.8) is 0 Å². The molecule has 1 fully saturated rings. The van der Waals surface area contributed by atoms with Gasteiger partial charge in [0.2, 0.25) is 0 Å². The lowest BCUT2D eigenvalue weighted by Gasteiger charge is -2.17. The van der Waals surface area contributed by atoms with E-state index in [4.69, 9.17) is 9.84 Å². The molecule has 0 aromatic rings. The molecule has 2 N–H and O–H groups in total. The summed E-state index contributed by atoms with van der Waals surface area (Å²) in [6, 6.07) is 0. The number of hydrogen-bond donors (Lipinski definition) is 2. The van der Waals surface area contributed by atoms with Gasteiger partial charge in [-0.3, -0.25) is 0 Å². The van der Waals surface area contributed by atoms with Crippen LogP contribution in [0.4, 0.5) is 0 Å². The summed E-state index contributed by atoms with van der Waals surface area (Å²) in [7, 11) is 0. The highest BCUT2D eigenvalue weighted by Gasteiger charge is 2.31. The molecule has 1 saturated heterocycles. The van der Waals surface area contributed by atoms with E-state index in [1.54, 1.807) is 0 Å². The summed E-state index contributed by atoms with van der Waals surface area (Å²) in [4.78, 5) is 0. The second-order valence-corrected chi connectivity index (χ2v) is 2.69. The smallest absolute Gasteiger partial charge is 0.159 e.